The Morgan fingerprint density at radius 1 is 1.39 bits per heavy atom. The summed E-state index contributed by atoms with van der Waals surface area (Å²) in [7, 11) is 0. The summed E-state index contributed by atoms with van der Waals surface area (Å²) >= 11 is 7.30. The Morgan fingerprint density at radius 2 is 2.11 bits per heavy atom. The molecular weight excluding hydrogens is 266 g/mol. The molecule has 0 unspecified atom stereocenters. The van der Waals surface area contributed by atoms with Crippen molar-refractivity contribution in [1.29, 1.82) is 0 Å². The highest BCUT2D eigenvalue weighted by Gasteiger charge is 2.18. The zero-order valence-corrected chi connectivity index (χ0v) is 12.1. The summed E-state index contributed by atoms with van der Waals surface area (Å²) in [5.74, 6) is 0.807. The van der Waals surface area contributed by atoms with Crippen LogP contribution in [0.4, 0.5) is 0 Å². The first-order valence-electron chi connectivity index (χ1n) is 6.37. The highest BCUT2D eigenvalue weighted by Crippen LogP contribution is 2.24. The van der Waals surface area contributed by atoms with Crippen LogP contribution in [0.15, 0.2) is 18.2 Å². The fourth-order valence-corrected chi connectivity index (χ4v) is 3.19. The topological polar surface area (TPSA) is 29.1 Å². The first-order chi connectivity index (χ1) is 8.63. The lowest BCUT2D eigenvalue weighted by Gasteiger charge is -2.26. The second kappa shape index (κ2) is 6.39. The van der Waals surface area contributed by atoms with E-state index < -0.39 is 0 Å². The van der Waals surface area contributed by atoms with E-state index >= 15 is 0 Å². The van der Waals surface area contributed by atoms with Crippen LogP contribution in [-0.2, 0) is 4.79 Å². The third-order valence-electron chi connectivity index (χ3n) is 3.36. The molecule has 18 heavy (non-hydrogen) atoms. The fourth-order valence-electron chi connectivity index (χ4n) is 2.23. The number of rotatable bonds is 3. The van der Waals surface area contributed by atoms with E-state index in [0.717, 1.165) is 28.0 Å². The molecule has 98 valence electrons. The van der Waals surface area contributed by atoms with Crippen molar-refractivity contribution in [3.8, 4) is 0 Å². The van der Waals surface area contributed by atoms with E-state index in [1.807, 2.05) is 18.2 Å². The van der Waals surface area contributed by atoms with E-state index in [2.05, 4.69) is 12.2 Å². The number of thiophene rings is 1. The molecular formula is C14H18ClNOS. The van der Waals surface area contributed by atoms with Crippen LogP contribution in [0.5, 0.6) is 0 Å². The summed E-state index contributed by atoms with van der Waals surface area (Å²) in [6, 6.07) is 4.11. The molecule has 0 saturated heterocycles. The summed E-state index contributed by atoms with van der Waals surface area (Å²) in [5, 5.41) is 3.06. The lowest BCUT2D eigenvalue weighted by Crippen LogP contribution is -2.36. The van der Waals surface area contributed by atoms with Gasteiger partial charge in [0, 0.05) is 17.0 Å². The van der Waals surface area contributed by atoms with Gasteiger partial charge in [0.2, 0.25) is 5.91 Å². The van der Waals surface area contributed by atoms with E-state index in [1.54, 1.807) is 6.08 Å². The number of hydrogen-bond acceptors (Lipinski definition) is 2. The van der Waals surface area contributed by atoms with Crippen LogP contribution in [0.1, 0.15) is 37.5 Å². The molecule has 0 aromatic carbocycles. The summed E-state index contributed by atoms with van der Waals surface area (Å²) in [5.41, 5.74) is 0. The maximum Gasteiger partial charge on any atom is 0.244 e. The maximum absolute atomic E-state index is 11.7. The van der Waals surface area contributed by atoms with E-state index in [-0.39, 0.29) is 5.91 Å². The Balaban J connectivity index is 1.80. The van der Waals surface area contributed by atoms with Crippen molar-refractivity contribution in [2.45, 2.75) is 38.6 Å². The number of carbonyl (C=O) groups excluding carboxylic acids is 1. The van der Waals surface area contributed by atoms with Gasteiger partial charge in [0.1, 0.15) is 0 Å². The summed E-state index contributed by atoms with van der Waals surface area (Å²) in [6.45, 7) is 2.28. The number of amides is 1. The molecule has 1 aromatic rings. The Labute approximate surface area is 117 Å². The molecule has 1 heterocycles. The van der Waals surface area contributed by atoms with Gasteiger partial charge in [-0.2, -0.15) is 0 Å². The lowest BCUT2D eigenvalue weighted by molar-refractivity contribution is -0.117. The normalized spacial score (nSPS) is 24.3. The van der Waals surface area contributed by atoms with Gasteiger partial charge < -0.3 is 5.32 Å². The second-order valence-electron chi connectivity index (χ2n) is 4.94. The van der Waals surface area contributed by atoms with Crippen molar-refractivity contribution < 1.29 is 4.79 Å². The van der Waals surface area contributed by atoms with Crippen LogP contribution in [0.25, 0.3) is 6.08 Å². The van der Waals surface area contributed by atoms with Crippen LogP contribution in [0.2, 0.25) is 4.34 Å². The fraction of sp³-hybridized carbons (Fsp3) is 0.500. The standard InChI is InChI=1S/C14H18ClNOS/c1-10-2-4-11(5-3-10)16-14(17)9-7-12-6-8-13(15)18-12/h6-11H,2-5H2,1H3,(H,16,17). The number of halogens is 1. The van der Waals surface area contributed by atoms with Crippen molar-refractivity contribution in [3.05, 3.63) is 27.4 Å². The Bertz CT molecular complexity index is 433. The molecule has 4 heteroatoms. The van der Waals surface area contributed by atoms with Crippen LogP contribution < -0.4 is 5.32 Å². The summed E-state index contributed by atoms with van der Waals surface area (Å²) in [4.78, 5) is 12.8. The molecule has 1 amide bonds. The van der Waals surface area contributed by atoms with Crippen LogP contribution in [0.3, 0.4) is 0 Å². The van der Waals surface area contributed by atoms with Crippen molar-refractivity contribution >= 4 is 34.9 Å². The monoisotopic (exact) mass is 283 g/mol. The van der Waals surface area contributed by atoms with E-state index in [0.29, 0.717) is 6.04 Å². The quantitative estimate of drug-likeness (QED) is 0.831. The van der Waals surface area contributed by atoms with E-state index in [1.165, 1.54) is 24.2 Å². The summed E-state index contributed by atoms with van der Waals surface area (Å²) < 4.78 is 0.747. The smallest absolute Gasteiger partial charge is 0.244 e. The van der Waals surface area contributed by atoms with Gasteiger partial charge in [-0.05, 0) is 49.8 Å². The minimum atomic E-state index is -0.000856. The Morgan fingerprint density at radius 3 is 2.72 bits per heavy atom. The predicted molar refractivity (Wildman–Crippen MR) is 77.9 cm³/mol. The molecule has 0 atom stereocenters. The van der Waals surface area contributed by atoms with Gasteiger partial charge in [-0.3, -0.25) is 4.79 Å². The Kier molecular flexibility index (Phi) is 4.84. The molecule has 0 radical (unpaired) electrons. The maximum atomic E-state index is 11.7. The van der Waals surface area contributed by atoms with Gasteiger partial charge in [-0.25, -0.2) is 0 Å². The van der Waals surface area contributed by atoms with Crippen molar-refractivity contribution in [1.82, 2.24) is 5.32 Å². The molecule has 1 fully saturated rings. The third-order valence-corrected chi connectivity index (χ3v) is 4.55. The first-order valence-corrected chi connectivity index (χ1v) is 7.57. The van der Waals surface area contributed by atoms with Gasteiger partial charge >= 0.3 is 0 Å². The van der Waals surface area contributed by atoms with Crippen molar-refractivity contribution in [2.75, 3.05) is 0 Å². The lowest BCUT2D eigenvalue weighted by atomic mass is 9.87. The van der Waals surface area contributed by atoms with Crippen molar-refractivity contribution in [2.24, 2.45) is 5.92 Å². The van der Waals surface area contributed by atoms with E-state index in [4.69, 9.17) is 11.6 Å². The van der Waals surface area contributed by atoms with Gasteiger partial charge in [0.15, 0.2) is 0 Å². The van der Waals surface area contributed by atoms with Gasteiger partial charge in [0.25, 0.3) is 0 Å². The van der Waals surface area contributed by atoms with Gasteiger partial charge in [-0.1, -0.05) is 18.5 Å². The van der Waals surface area contributed by atoms with Gasteiger partial charge in [0.05, 0.1) is 4.34 Å². The summed E-state index contributed by atoms with van der Waals surface area (Å²) in [6.07, 6.45) is 8.05. The predicted octanol–water partition coefficient (Wildman–Crippen LogP) is 4.11. The number of carbonyl (C=O) groups is 1. The molecule has 1 aliphatic rings. The van der Waals surface area contributed by atoms with Crippen LogP contribution in [0, 0.1) is 5.92 Å². The van der Waals surface area contributed by atoms with Crippen LogP contribution >= 0.6 is 22.9 Å². The molecule has 1 aliphatic carbocycles. The highest BCUT2D eigenvalue weighted by molar-refractivity contribution is 7.17. The molecule has 0 aliphatic heterocycles. The number of hydrogen-bond donors (Lipinski definition) is 1. The molecule has 2 nitrogen and oxygen atoms in total. The highest BCUT2D eigenvalue weighted by atomic mass is 35.5. The second-order valence-corrected chi connectivity index (χ2v) is 6.69. The first kappa shape index (κ1) is 13.6. The zero-order valence-electron chi connectivity index (χ0n) is 10.5. The molecule has 2 rings (SSSR count). The molecule has 0 bridgehead atoms. The minimum absolute atomic E-state index is 0.000856. The average Bonchev–Trinajstić information content (AvgIpc) is 2.76. The molecule has 1 saturated carbocycles. The Hall–Kier alpha value is -0.800. The van der Waals surface area contributed by atoms with Gasteiger partial charge in [-0.15, -0.1) is 11.3 Å². The largest absolute Gasteiger partial charge is 0.350 e. The molecule has 1 N–H and O–H groups in total. The zero-order chi connectivity index (χ0) is 13.0. The molecule has 0 spiro atoms. The average molecular weight is 284 g/mol. The van der Waals surface area contributed by atoms with Crippen molar-refractivity contribution in [3.63, 3.8) is 0 Å². The number of nitrogens with one attached hydrogen (secondary N) is 1. The van der Waals surface area contributed by atoms with Crippen LogP contribution in [-0.4, -0.2) is 11.9 Å². The van der Waals surface area contributed by atoms with E-state index in [9.17, 15) is 4.79 Å². The minimum Gasteiger partial charge on any atom is -0.350 e. The SMILES string of the molecule is CC1CCC(NC(=O)C=Cc2ccc(Cl)s2)CC1. The third kappa shape index (κ3) is 4.14. The molecule has 1 aromatic heterocycles.